The van der Waals surface area contributed by atoms with E-state index in [9.17, 15) is 33.5 Å². The number of anilines is 3. The van der Waals surface area contributed by atoms with Crippen LogP contribution in [0, 0.1) is 13.9 Å². The van der Waals surface area contributed by atoms with Gasteiger partial charge in [-0.2, -0.15) is 0 Å². The average molecular weight is 1050 g/mol. The number of hydrogen-bond acceptors (Lipinski definition) is 24. The van der Waals surface area contributed by atoms with Gasteiger partial charge in [-0.05, 0) is 0 Å². The van der Waals surface area contributed by atoms with Crippen LogP contribution in [0.25, 0.3) is 33.5 Å². The van der Waals surface area contributed by atoms with E-state index in [4.69, 9.17) is 96.2 Å². The van der Waals surface area contributed by atoms with Gasteiger partial charge < -0.3 is 66.2 Å². The van der Waals surface area contributed by atoms with Crippen molar-refractivity contribution in [2.75, 3.05) is 37.0 Å². The number of fused-ring (bicyclic) bond motifs is 3. The normalized spacial score (nSPS) is 28.3. The summed E-state index contributed by atoms with van der Waals surface area (Å²) in [7, 11) is -14.9. The lowest BCUT2D eigenvalue weighted by atomic mass is 10.2. The molecule has 3 unspecified atom stereocenters. The first kappa shape index (κ1) is 47.9. The van der Waals surface area contributed by atoms with E-state index in [0.717, 1.165) is 0 Å². The molecule has 0 saturated carbocycles. The molecule has 6 aromatic heterocycles. The Morgan fingerprint density at radius 1 is 0.612 bits per heavy atom. The Labute approximate surface area is 388 Å². The second kappa shape index (κ2) is 18.3. The number of H-pyrrole nitrogens is 3. The summed E-state index contributed by atoms with van der Waals surface area (Å²) < 4.78 is 89.4. The maximum absolute atomic E-state index is 13.7. The number of aliphatic hydroxyl groups is 1. The lowest BCUT2D eigenvalue weighted by molar-refractivity contribution is -0.0593. The van der Waals surface area contributed by atoms with E-state index in [-0.39, 0.29) is 67.7 Å². The molecule has 37 heteroatoms. The number of phosphoric acid groups is 2. The van der Waals surface area contributed by atoms with Crippen molar-refractivity contribution in [1.29, 1.82) is 0 Å². The minimum Gasteiger partial charge on any atom is -0.394 e. The summed E-state index contributed by atoms with van der Waals surface area (Å²) in [5, 5.41) is 10.1. The maximum Gasteiger partial charge on any atom is 0.472 e. The quantitative estimate of drug-likeness (QED) is 0.0484. The molecule has 362 valence electrons. The molecule has 31 nitrogen and oxygen atoms in total. The molecule has 3 saturated heterocycles. The van der Waals surface area contributed by atoms with E-state index >= 15 is 0 Å². The van der Waals surface area contributed by atoms with Gasteiger partial charge in [-0.1, -0.05) is 36.7 Å². The number of nitrogen functional groups attached to an aromatic ring is 3. The van der Waals surface area contributed by atoms with Crippen molar-refractivity contribution in [3.05, 3.63) is 32.9 Å². The van der Waals surface area contributed by atoms with Crippen LogP contribution >= 0.6 is 60.0 Å². The first-order valence-corrected chi connectivity index (χ1v) is 25.4. The number of ether oxygens (including phenoxy) is 3. The van der Waals surface area contributed by atoms with E-state index in [1.165, 1.54) is 32.7 Å². The summed E-state index contributed by atoms with van der Waals surface area (Å²) in [5.41, 5.74) is 24.6. The molecule has 9 heterocycles. The molecule has 0 radical (unpaired) electrons. The fourth-order valence-corrected chi connectivity index (χ4v) is 11.1. The van der Waals surface area contributed by atoms with Crippen LogP contribution in [0.1, 0.15) is 37.9 Å². The minimum absolute atomic E-state index is 0.00351. The van der Waals surface area contributed by atoms with Crippen LogP contribution in [0.4, 0.5) is 17.8 Å². The van der Waals surface area contributed by atoms with Gasteiger partial charge in [0.25, 0.3) is 0 Å². The molecule has 12 atom stereocenters. The van der Waals surface area contributed by atoms with Gasteiger partial charge >= 0.3 is 23.4 Å². The van der Waals surface area contributed by atoms with Crippen LogP contribution in [0.15, 0.2) is 19.0 Å². The zero-order chi connectivity index (χ0) is 47.7. The van der Waals surface area contributed by atoms with Crippen LogP contribution in [0.5, 0.6) is 0 Å². The predicted molar refractivity (Wildman–Crippen MR) is 234 cm³/mol. The number of rotatable bonds is 16. The molecule has 0 aromatic carbocycles. The highest BCUT2D eigenvalue weighted by molar-refractivity contribution is 7.72. The molecular weight excluding hydrogens is 1010 g/mol. The number of imidazole rings is 3. The van der Waals surface area contributed by atoms with Gasteiger partial charge in [0.15, 0.2) is 31.8 Å². The number of aliphatic hydroxyl groups excluding tert-OH is 1. The molecule has 9 rings (SSSR count). The summed E-state index contributed by atoms with van der Waals surface area (Å²) in [6.45, 7) is -2.18. The third-order valence-corrected chi connectivity index (χ3v) is 14.1. The third kappa shape index (κ3) is 10.1. The van der Waals surface area contributed by atoms with Crippen LogP contribution in [-0.4, -0.2) is 135 Å². The summed E-state index contributed by atoms with van der Waals surface area (Å²) in [4.78, 5) is 65.2. The lowest BCUT2D eigenvalue weighted by Crippen LogP contribution is -2.31. The molecule has 0 aliphatic carbocycles. The van der Waals surface area contributed by atoms with Crippen LogP contribution in [0.3, 0.4) is 0 Å². The number of hydrogen-bond donors (Lipinski definition) is 11. The first-order valence-electron chi connectivity index (χ1n) is 19.5. The number of phosphoric ester groups is 2. The molecule has 67 heavy (non-hydrogen) atoms. The first-order chi connectivity index (χ1) is 31.6. The number of aromatic nitrogens is 12. The second-order valence-corrected chi connectivity index (χ2v) is 20.4. The van der Waals surface area contributed by atoms with Crippen molar-refractivity contribution in [3.63, 3.8) is 0 Å². The van der Waals surface area contributed by atoms with E-state index in [0.29, 0.717) is 16.8 Å². The van der Waals surface area contributed by atoms with Gasteiger partial charge in [0.05, 0.1) is 38.8 Å². The Balaban J connectivity index is 0.913. The van der Waals surface area contributed by atoms with Gasteiger partial charge in [-0.15, -0.1) is 0 Å². The molecule has 15 N–H and O–H groups in total. The van der Waals surface area contributed by atoms with E-state index in [1.807, 2.05) is 0 Å². The Hall–Kier alpha value is -4.12. The largest absolute Gasteiger partial charge is 0.472 e. The van der Waals surface area contributed by atoms with E-state index in [2.05, 4.69) is 44.9 Å². The highest BCUT2D eigenvalue weighted by Crippen LogP contribution is 2.53. The van der Waals surface area contributed by atoms with Gasteiger partial charge in [-0.25, -0.2) is 49.1 Å². The van der Waals surface area contributed by atoms with Gasteiger partial charge in [-0.3, -0.25) is 36.3 Å². The van der Waals surface area contributed by atoms with Crippen molar-refractivity contribution in [2.45, 2.75) is 74.6 Å². The van der Waals surface area contributed by atoms with Crippen LogP contribution < -0.4 is 22.7 Å². The van der Waals surface area contributed by atoms with Crippen molar-refractivity contribution in [3.8, 4) is 0 Å². The minimum atomic E-state index is -5.18. The van der Waals surface area contributed by atoms with Gasteiger partial charge in [0, 0.05) is 19.3 Å². The van der Waals surface area contributed by atoms with Crippen molar-refractivity contribution < 1.29 is 70.3 Å². The molecule has 6 aromatic rings. The van der Waals surface area contributed by atoms with Gasteiger partial charge in [0.2, 0.25) is 0 Å². The fourth-order valence-electron chi connectivity index (χ4n) is 7.86. The van der Waals surface area contributed by atoms with E-state index < -0.39 is 98.5 Å². The monoisotopic (exact) mass is 1050 g/mol. The van der Waals surface area contributed by atoms with E-state index in [1.54, 1.807) is 0 Å². The lowest BCUT2D eigenvalue weighted by Gasteiger charge is -2.25. The van der Waals surface area contributed by atoms with Crippen molar-refractivity contribution in [1.82, 2.24) is 58.6 Å². The van der Waals surface area contributed by atoms with Crippen molar-refractivity contribution in [2.24, 2.45) is 5.50 Å². The molecule has 3 aliphatic heterocycles. The Morgan fingerprint density at radius 3 is 1.28 bits per heavy atom. The fraction of sp³-hybridized carbons (Fsp3) is 0.500. The van der Waals surface area contributed by atoms with Gasteiger partial charge in [0.1, 0.15) is 88.8 Å². The molecule has 3 aliphatic rings. The highest BCUT2D eigenvalue weighted by atomic mass is 32.1. The standard InChI is InChI=1S/C30H39N16O15P3S3/c31-28-38-22-19(25(65)41-28)35-7-44(22)16-1-10(13(4-47)56-16)60-63(50,51)55-6-15-12(3-18(58-15)46-9-37-21-24(46)40-30(33)43-27(21)67)61-64(52,53)54-5-14-11(59-62(34,48)49)2-17(57-14)45-8-36-20-23(45)39-29(32)42-26(20)66/h7-18,47H,1-6H2,(H,50,51)(H,52,53)(H3,34,48,49)(H3,31,38,41,65)(H3,32,39,42,66)(H3,33,40,43,67)/t10-,11-,12-,13+,14+,15+,16+,17+,18+/m0/s1. The molecule has 0 bridgehead atoms. The average Bonchev–Trinajstić information content (AvgIpc) is 4.09. The SMILES string of the molecule is Nc1nc(=S)c2ncn([C@H]3C[C@H](OP(N)(=O)O)[C@@H](COP(=O)(O)O[C@H]4C[C@H](n5cnc6c(=S)nc(N)[nH]c65)O[C@@H]4COP(=O)(O)O[C@H]4C[C@H](n5cnc6c(=S)nc(N)[nH]c65)O[C@@H]4CO)O3)c2[nH]1. The topological polar surface area (TPSA) is 450 Å². The number of aromatic amines is 3. The highest BCUT2D eigenvalue weighted by Gasteiger charge is 2.47. The number of nitrogens with two attached hydrogens (primary N) is 4. The van der Waals surface area contributed by atoms with Crippen LogP contribution in [0.2, 0.25) is 0 Å². The Bertz CT molecular complexity index is 3200. The predicted octanol–water partition coefficient (Wildman–Crippen LogP) is 1.54. The third-order valence-electron chi connectivity index (χ3n) is 10.7. The van der Waals surface area contributed by atoms with Crippen LogP contribution in [-0.2, 0) is 50.5 Å². The zero-order valence-corrected chi connectivity index (χ0v) is 39.0. The Morgan fingerprint density at radius 2 is 0.940 bits per heavy atom. The smallest absolute Gasteiger partial charge is 0.394 e. The summed E-state index contributed by atoms with van der Waals surface area (Å²) in [5.74, 6) is -0.0860. The number of nitrogens with one attached hydrogen (secondary N) is 3. The molecule has 0 amide bonds. The summed E-state index contributed by atoms with van der Waals surface area (Å²) >= 11 is 15.8. The zero-order valence-electron chi connectivity index (χ0n) is 33.9. The number of nitrogens with zero attached hydrogens (tertiary/aromatic N) is 9. The van der Waals surface area contributed by atoms with Crippen molar-refractivity contribution >= 4 is 111 Å². The molecular formula is C30H39N16O15P3S3. The summed E-state index contributed by atoms with van der Waals surface area (Å²) in [6.07, 6.45) is -7.11. The molecule has 3 fully saturated rings. The Kier molecular flexibility index (Phi) is 13.1. The molecule has 0 spiro atoms. The summed E-state index contributed by atoms with van der Waals surface area (Å²) in [6, 6.07) is 0. The second-order valence-electron chi connectivity index (χ2n) is 15.1. The maximum atomic E-state index is 13.7.